The molecule has 0 N–H and O–H groups in total. The molecule has 0 aromatic carbocycles. The van der Waals surface area contributed by atoms with Crippen LogP contribution in [0.5, 0.6) is 0 Å². The largest absolute Gasteiger partial charge is 0.460 e. The molecule has 0 aromatic heterocycles. The Labute approximate surface area is 126 Å². The summed E-state index contributed by atoms with van der Waals surface area (Å²) in [5.41, 5.74) is -0.357. The summed E-state index contributed by atoms with van der Waals surface area (Å²) in [7, 11) is 0. The predicted octanol–water partition coefficient (Wildman–Crippen LogP) is 5.89. The molecule has 0 aliphatic carbocycles. The number of ether oxygens (including phenoxy) is 1. The van der Waals surface area contributed by atoms with Gasteiger partial charge in [0.25, 0.3) is 0 Å². The first-order valence-corrected chi connectivity index (χ1v) is 8.63. The van der Waals surface area contributed by atoms with E-state index < -0.39 is 0 Å². The normalized spacial score (nSPS) is 13.2. The number of hydrogen-bond donors (Lipinski definition) is 0. The third-order valence-electron chi connectivity index (χ3n) is 3.64. The van der Waals surface area contributed by atoms with Crippen LogP contribution >= 0.6 is 0 Å². The van der Waals surface area contributed by atoms with E-state index in [1.54, 1.807) is 0 Å². The summed E-state index contributed by atoms with van der Waals surface area (Å²) in [5, 5.41) is 0. The number of hydrogen-bond acceptors (Lipinski definition) is 2. The van der Waals surface area contributed by atoms with Crippen molar-refractivity contribution in [2.75, 3.05) is 0 Å². The molecule has 2 heteroatoms. The van der Waals surface area contributed by atoms with Gasteiger partial charge in [-0.15, -0.1) is 0 Å². The van der Waals surface area contributed by atoms with Crippen LogP contribution in [0.4, 0.5) is 0 Å². The number of rotatable bonds is 11. The van der Waals surface area contributed by atoms with Crippen molar-refractivity contribution in [3.05, 3.63) is 0 Å². The molecule has 0 aliphatic rings. The number of carbonyl (C=O) groups excluding carboxylic acids is 1. The lowest BCUT2D eigenvalue weighted by Crippen LogP contribution is -2.28. The van der Waals surface area contributed by atoms with E-state index in [2.05, 4.69) is 13.8 Å². The quantitative estimate of drug-likeness (QED) is 0.349. The number of esters is 1. The zero-order valence-electron chi connectivity index (χ0n) is 14.5. The Kier molecular flexibility index (Phi) is 10.9. The van der Waals surface area contributed by atoms with Gasteiger partial charge in [0.15, 0.2) is 0 Å². The molecule has 0 amide bonds. The van der Waals surface area contributed by atoms with Gasteiger partial charge in [0, 0.05) is 0 Å². The molecule has 0 aromatic rings. The molecular formula is C18H36O2. The lowest BCUT2D eigenvalue weighted by molar-refractivity contribution is -0.160. The first-order chi connectivity index (χ1) is 9.40. The second-order valence-corrected chi connectivity index (χ2v) is 6.90. The Morgan fingerprint density at radius 1 is 0.900 bits per heavy atom. The summed E-state index contributed by atoms with van der Waals surface area (Å²) in [5.74, 6) is 0.0808. The number of carbonyl (C=O) groups is 1. The van der Waals surface area contributed by atoms with Crippen LogP contribution in [0.2, 0.25) is 0 Å². The van der Waals surface area contributed by atoms with Crippen LogP contribution in [-0.4, -0.2) is 11.6 Å². The first-order valence-electron chi connectivity index (χ1n) is 8.63. The highest BCUT2D eigenvalue weighted by Gasteiger charge is 2.23. The van der Waals surface area contributed by atoms with E-state index in [4.69, 9.17) is 4.74 Å². The Hall–Kier alpha value is -0.530. The molecule has 0 radical (unpaired) electrons. The maximum Gasteiger partial charge on any atom is 0.309 e. The van der Waals surface area contributed by atoms with E-state index >= 15 is 0 Å². The monoisotopic (exact) mass is 284 g/mol. The lowest BCUT2D eigenvalue weighted by atomic mass is 9.97. The molecule has 20 heavy (non-hydrogen) atoms. The Morgan fingerprint density at radius 3 is 1.85 bits per heavy atom. The van der Waals surface area contributed by atoms with Gasteiger partial charge in [-0.2, -0.15) is 0 Å². The van der Waals surface area contributed by atoms with Crippen LogP contribution in [0.1, 0.15) is 98.8 Å². The van der Waals surface area contributed by atoms with Crippen molar-refractivity contribution in [1.82, 2.24) is 0 Å². The van der Waals surface area contributed by atoms with Gasteiger partial charge >= 0.3 is 5.97 Å². The second kappa shape index (κ2) is 11.2. The van der Waals surface area contributed by atoms with Crippen molar-refractivity contribution in [2.45, 2.75) is 104 Å². The fraction of sp³-hybridized carbons (Fsp3) is 0.944. The van der Waals surface area contributed by atoms with Crippen molar-refractivity contribution in [2.24, 2.45) is 5.92 Å². The zero-order valence-corrected chi connectivity index (χ0v) is 14.5. The molecule has 0 spiro atoms. The third kappa shape index (κ3) is 11.3. The standard InChI is InChI=1S/C18H36O2/c1-6-8-9-10-11-12-13-14-15-16(7-2)17(19)20-18(3,4)5/h16H,6-15H2,1-5H3. The maximum atomic E-state index is 12.0. The molecule has 120 valence electrons. The van der Waals surface area contributed by atoms with Crippen molar-refractivity contribution >= 4 is 5.97 Å². The molecular weight excluding hydrogens is 248 g/mol. The molecule has 1 atom stereocenters. The minimum Gasteiger partial charge on any atom is -0.460 e. The van der Waals surface area contributed by atoms with Crippen LogP contribution in [0.15, 0.2) is 0 Å². The fourth-order valence-electron chi connectivity index (χ4n) is 2.40. The van der Waals surface area contributed by atoms with Gasteiger partial charge < -0.3 is 4.74 Å². The van der Waals surface area contributed by atoms with E-state index in [0.29, 0.717) is 0 Å². The summed E-state index contributed by atoms with van der Waals surface area (Å²) in [6.45, 7) is 10.1. The molecule has 0 bridgehead atoms. The van der Waals surface area contributed by atoms with Crippen LogP contribution in [0.3, 0.4) is 0 Å². The second-order valence-electron chi connectivity index (χ2n) is 6.90. The van der Waals surface area contributed by atoms with Gasteiger partial charge in [-0.25, -0.2) is 0 Å². The van der Waals surface area contributed by atoms with Gasteiger partial charge in [0.05, 0.1) is 5.92 Å². The SMILES string of the molecule is CCCCCCCCCCC(CC)C(=O)OC(C)(C)C. The molecule has 0 heterocycles. The van der Waals surface area contributed by atoms with E-state index in [1.165, 1.54) is 44.9 Å². The van der Waals surface area contributed by atoms with Gasteiger partial charge in [-0.05, 0) is 33.6 Å². The van der Waals surface area contributed by atoms with Crippen LogP contribution in [0.25, 0.3) is 0 Å². The summed E-state index contributed by atoms with van der Waals surface area (Å²) >= 11 is 0. The molecule has 0 fully saturated rings. The van der Waals surface area contributed by atoms with E-state index in [0.717, 1.165) is 19.3 Å². The molecule has 0 saturated carbocycles. The lowest BCUT2D eigenvalue weighted by Gasteiger charge is -2.23. The Balaban J connectivity index is 3.67. The van der Waals surface area contributed by atoms with Gasteiger partial charge in [-0.1, -0.05) is 65.2 Å². The van der Waals surface area contributed by atoms with Crippen molar-refractivity contribution in [1.29, 1.82) is 0 Å². The summed E-state index contributed by atoms with van der Waals surface area (Å²) in [6.07, 6.45) is 12.4. The Bertz CT molecular complexity index is 240. The smallest absolute Gasteiger partial charge is 0.309 e. The van der Waals surface area contributed by atoms with Crippen LogP contribution < -0.4 is 0 Å². The van der Waals surface area contributed by atoms with Crippen molar-refractivity contribution < 1.29 is 9.53 Å². The minimum absolute atomic E-state index is 0.0112. The minimum atomic E-state index is -0.357. The molecule has 0 saturated heterocycles. The predicted molar refractivity (Wildman–Crippen MR) is 86.9 cm³/mol. The average Bonchev–Trinajstić information content (AvgIpc) is 2.35. The van der Waals surface area contributed by atoms with E-state index in [1.807, 2.05) is 20.8 Å². The average molecular weight is 284 g/mol. The molecule has 0 rings (SSSR count). The summed E-state index contributed by atoms with van der Waals surface area (Å²) < 4.78 is 5.47. The maximum absolute atomic E-state index is 12.0. The Morgan fingerprint density at radius 2 is 1.40 bits per heavy atom. The number of unbranched alkanes of at least 4 members (excludes halogenated alkanes) is 7. The van der Waals surface area contributed by atoms with Crippen molar-refractivity contribution in [3.63, 3.8) is 0 Å². The van der Waals surface area contributed by atoms with Gasteiger partial charge in [0.1, 0.15) is 5.60 Å². The fourth-order valence-corrected chi connectivity index (χ4v) is 2.40. The van der Waals surface area contributed by atoms with Crippen LogP contribution in [-0.2, 0) is 9.53 Å². The van der Waals surface area contributed by atoms with E-state index in [-0.39, 0.29) is 17.5 Å². The first kappa shape index (κ1) is 19.5. The van der Waals surface area contributed by atoms with Gasteiger partial charge in [-0.3, -0.25) is 4.79 Å². The molecule has 1 unspecified atom stereocenters. The summed E-state index contributed by atoms with van der Waals surface area (Å²) in [6, 6.07) is 0. The van der Waals surface area contributed by atoms with Crippen molar-refractivity contribution in [3.8, 4) is 0 Å². The highest BCUT2D eigenvalue weighted by Crippen LogP contribution is 2.20. The highest BCUT2D eigenvalue weighted by molar-refractivity contribution is 5.72. The highest BCUT2D eigenvalue weighted by atomic mass is 16.6. The van der Waals surface area contributed by atoms with Crippen LogP contribution in [0, 0.1) is 5.92 Å². The topological polar surface area (TPSA) is 26.3 Å². The van der Waals surface area contributed by atoms with E-state index in [9.17, 15) is 4.79 Å². The molecule has 2 nitrogen and oxygen atoms in total. The third-order valence-corrected chi connectivity index (χ3v) is 3.64. The zero-order chi connectivity index (χ0) is 15.4. The van der Waals surface area contributed by atoms with Gasteiger partial charge in [0.2, 0.25) is 0 Å². The summed E-state index contributed by atoms with van der Waals surface area (Å²) in [4.78, 5) is 12.0. The molecule has 0 aliphatic heterocycles.